The molecule has 7 heteroatoms. The minimum Gasteiger partial charge on any atom is -0.339 e. The topological polar surface area (TPSA) is 86.5 Å². The lowest BCUT2D eigenvalue weighted by Crippen LogP contribution is -2.03. The second-order valence-corrected chi connectivity index (χ2v) is 5.98. The molecule has 0 aliphatic heterocycles. The Hall–Kier alpha value is -2.98. The number of hydrogen-bond donors (Lipinski definition) is 2. The van der Waals surface area contributed by atoms with Gasteiger partial charge in [0.25, 0.3) is 0 Å². The molecule has 1 aromatic heterocycles. The van der Waals surface area contributed by atoms with Crippen LogP contribution in [0.2, 0.25) is 0 Å². The number of nitrogens with zero attached hydrogens (tertiary/aromatic N) is 4. The Morgan fingerprint density at radius 2 is 1.88 bits per heavy atom. The van der Waals surface area contributed by atoms with E-state index in [9.17, 15) is 0 Å². The van der Waals surface area contributed by atoms with Crippen molar-refractivity contribution in [1.29, 1.82) is 5.26 Å². The SMILES string of the molecule is Cc1cc(Br)ccc1Nc1nncc(Nc2ccc(C#N)cc2)n1. The fourth-order valence-corrected chi connectivity index (χ4v) is 2.56. The summed E-state index contributed by atoms with van der Waals surface area (Å²) in [5.74, 6) is 0.964. The summed E-state index contributed by atoms with van der Waals surface area (Å²) in [5.41, 5.74) is 3.41. The van der Waals surface area contributed by atoms with Gasteiger partial charge in [0.05, 0.1) is 17.8 Å². The first-order chi connectivity index (χ1) is 11.6. The van der Waals surface area contributed by atoms with E-state index in [-0.39, 0.29) is 0 Å². The van der Waals surface area contributed by atoms with E-state index in [4.69, 9.17) is 5.26 Å². The normalized spacial score (nSPS) is 10.0. The average molecular weight is 381 g/mol. The third-order valence-corrected chi connectivity index (χ3v) is 3.77. The van der Waals surface area contributed by atoms with Crippen LogP contribution in [0.15, 0.2) is 53.1 Å². The van der Waals surface area contributed by atoms with Gasteiger partial charge in [0, 0.05) is 15.8 Å². The summed E-state index contributed by atoms with van der Waals surface area (Å²) in [7, 11) is 0. The molecular weight excluding hydrogens is 368 g/mol. The van der Waals surface area contributed by atoms with Crippen LogP contribution >= 0.6 is 15.9 Å². The number of anilines is 4. The van der Waals surface area contributed by atoms with Crippen molar-refractivity contribution in [2.24, 2.45) is 0 Å². The summed E-state index contributed by atoms with van der Waals surface area (Å²) < 4.78 is 1.01. The summed E-state index contributed by atoms with van der Waals surface area (Å²) in [5, 5.41) is 23.1. The maximum absolute atomic E-state index is 8.82. The molecule has 0 spiro atoms. The summed E-state index contributed by atoms with van der Waals surface area (Å²) in [4.78, 5) is 4.40. The van der Waals surface area contributed by atoms with Crippen molar-refractivity contribution < 1.29 is 0 Å². The molecule has 0 aliphatic rings. The summed E-state index contributed by atoms with van der Waals surface area (Å²) in [6.45, 7) is 2.00. The lowest BCUT2D eigenvalue weighted by molar-refractivity contribution is 0.981. The van der Waals surface area contributed by atoms with Crippen LogP contribution in [0.3, 0.4) is 0 Å². The molecule has 0 aliphatic carbocycles. The monoisotopic (exact) mass is 380 g/mol. The zero-order chi connectivity index (χ0) is 16.9. The Kier molecular flexibility index (Phi) is 4.68. The van der Waals surface area contributed by atoms with Crippen molar-refractivity contribution in [3.05, 3.63) is 64.3 Å². The van der Waals surface area contributed by atoms with Gasteiger partial charge in [-0.25, -0.2) is 0 Å². The number of aryl methyl sites for hydroxylation is 1. The number of hydrogen-bond acceptors (Lipinski definition) is 6. The number of nitrogens with one attached hydrogen (secondary N) is 2. The zero-order valence-electron chi connectivity index (χ0n) is 12.8. The van der Waals surface area contributed by atoms with E-state index in [1.807, 2.05) is 37.3 Å². The molecule has 6 nitrogen and oxygen atoms in total. The molecule has 0 saturated heterocycles. The predicted molar refractivity (Wildman–Crippen MR) is 96.4 cm³/mol. The molecule has 0 saturated carbocycles. The Morgan fingerprint density at radius 3 is 2.58 bits per heavy atom. The van der Waals surface area contributed by atoms with Crippen molar-refractivity contribution in [3.8, 4) is 6.07 Å². The lowest BCUT2D eigenvalue weighted by Gasteiger charge is -2.09. The van der Waals surface area contributed by atoms with Gasteiger partial charge >= 0.3 is 0 Å². The molecule has 3 aromatic rings. The summed E-state index contributed by atoms with van der Waals surface area (Å²) >= 11 is 3.44. The van der Waals surface area contributed by atoms with Crippen LogP contribution in [0.25, 0.3) is 0 Å². The highest BCUT2D eigenvalue weighted by Gasteiger charge is 2.04. The van der Waals surface area contributed by atoms with Crippen LogP contribution < -0.4 is 10.6 Å². The van der Waals surface area contributed by atoms with Gasteiger partial charge in [-0.1, -0.05) is 15.9 Å². The molecule has 0 bridgehead atoms. The minimum atomic E-state index is 0.402. The van der Waals surface area contributed by atoms with Crippen LogP contribution in [0.4, 0.5) is 23.1 Å². The van der Waals surface area contributed by atoms with Gasteiger partial charge in [0.2, 0.25) is 5.95 Å². The average Bonchev–Trinajstić information content (AvgIpc) is 2.58. The van der Waals surface area contributed by atoms with E-state index in [1.54, 1.807) is 12.1 Å². The Balaban J connectivity index is 1.77. The molecule has 0 fully saturated rings. The number of rotatable bonds is 4. The molecule has 118 valence electrons. The van der Waals surface area contributed by atoms with Crippen LogP contribution in [0, 0.1) is 18.3 Å². The van der Waals surface area contributed by atoms with E-state index in [2.05, 4.69) is 47.8 Å². The van der Waals surface area contributed by atoms with Crippen LogP contribution in [-0.2, 0) is 0 Å². The van der Waals surface area contributed by atoms with E-state index in [0.29, 0.717) is 17.3 Å². The van der Waals surface area contributed by atoms with Gasteiger partial charge in [-0.15, -0.1) is 5.10 Å². The highest BCUT2D eigenvalue weighted by molar-refractivity contribution is 9.10. The Morgan fingerprint density at radius 1 is 1.08 bits per heavy atom. The molecule has 0 atom stereocenters. The second kappa shape index (κ2) is 7.06. The molecule has 2 aromatic carbocycles. The predicted octanol–water partition coefficient (Wildman–Crippen LogP) is 4.30. The van der Waals surface area contributed by atoms with E-state index >= 15 is 0 Å². The van der Waals surface area contributed by atoms with Crippen LogP contribution in [0.5, 0.6) is 0 Å². The summed E-state index contributed by atoms with van der Waals surface area (Å²) in [6, 6.07) is 15.1. The first-order valence-electron chi connectivity index (χ1n) is 7.14. The van der Waals surface area contributed by atoms with Crippen LogP contribution in [-0.4, -0.2) is 15.2 Å². The van der Waals surface area contributed by atoms with Crippen molar-refractivity contribution in [2.75, 3.05) is 10.6 Å². The number of halogens is 1. The molecule has 24 heavy (non-hydrogen) atoms. The van der Waals surface area contributed by atoms with E-state index in [0.717, 1.165) is 21.4 Å². The standard InChI is InChI=1S/C17H13BrN6/c1-11-8-13(18)4-7-15(11)22-17-23-16(10-20-24-17)21-14-5-2-12(9-19)3-6-14/h2-8,10H,1H3,(H2,21,22,23,24). The molecule has 2 N–H and O–H groups in total. The van der Waals surface area contributed by atoms with Gasteiger partial charge in [0.1, 0.15) is 0 Å². The first kappa shape index (κ1) is 15.9. The number of nitriles is 1. The molecule has 0 radical (unpaired) electrons. The Bertz CT molecular complexity index is 902. The van der Waals surface area contributed by atoms with Gasteiger partial charge in [-0.2, -0.15) is 15.3 Å². The maximum Gasteiger partial charge on any atom is 0.249 e. The van der Waals surface area contributed by atoms with Crippen molar-refractivity contribution >= 4 is 39.1 Å². The lowest BCUT2D eigenvalue weighted by atomic mass is 10.2. The van der Waals surface area contributed by atoms with Gasteiger partial charge in [-0.05, 0) is 55.0 Å². The smallest absolute Gasteiger partial charge is 0.249 e. The van der Waals surface area contributed by atoms with Crippen molar-refractivity contribution in [1.82, 2.24) is 15.2 Å². The molecule has 0 unspecified atom stereocenters. The molecule has 1 heterocycles. The zero-order valence-corrected chi connectivity index (χ0v) is 14.4. The quantitative estimate of drug-likeness (QED) is 0.701. The molecule has 0 amide bonds. The van der Waals surface area contributed by atoms with Crippen molar-refractivity contribution in [3.63, 3.8) is 0 Å². The summed E-state index contributed by atoms with van der Waals surface area (Å²) in [6.07, 6.45) is 1.54. The molecule has 3 rings (SSSR count). The highest BCUT2D eigenvalue weighted by atomic mass is 79.9. The van der Waals surface area contributed by atoms with Crippen molar-refractivity contribution in [2.45, 2.75) is 6.92 Å². The largest absolute Gasteiger partial charge is 0.339 e. The third-order valence-electron chi connectivity index (χ3n) is 3.28. The Labute approximate surface area is 147 Å². The highest BCUT2D eigenvalue weighted by Crippen LogP contribution is 2.23. The van der Waals surface area contributed by atoms with Gasteiger partial charge in [0.15, 0.2) is 5.82 Å². The molecular formula is C17H13BrN6. The van der Waals surface area contributed by atoms with Gasteiger partial charge < -0.3 is 10.6 Å². The third kappa shape index (κ3) is 3.86. The second-order valence-electron chi connectivity index (χ2n) is 5.06. The fourth-order valence-electron chi connectivity index (χ4n) is 2.08. The number of benzene rings is 2. The first-order valence-corrected chi connectivity index (χ1v) is 7.93. The fraction of sp³-hybridized carbons (Fsp3) is 0.0588. The minimum absolute atomic E-state index is 0.402. The maximum atomic E-state index is 8.82. The number of aromatic nitrogens is 3. The van der Waals surface area contributed by atoms with Gasteiger partial charge in [-0.3, -0.25) is 0 Å². The van der Waals surface area contributed by atoms with E-state index in [1.165, 1.54) is 6.20 Å². The van der Waals surface area contributed by atoms with Crippen LogP contribution in [0.1, 0.15) is 11.1 Å². The van der Waals surface area contributed by atoms with E-state index < -0.39 is 0 Å².